The summed E-state index contributed by atoms with van der Waals surface area (Å²) < 4.78 is 13.0. The minimum Gasteiger partial charge on any atom is -0.490 e. The first-order chi connectivity index (χ1) is 14.0. The lowest BCUT2D eigenvalue weighted by atomic mass is 10.1. The molecule has 6 heteroatoms. The molecule has 2 heterocycles. The van der Waals surface area contributed by atoms with E-state index in [4.69, 9.17) is 9.47 Å². The Balaban J connectivity index is 1.41. The molecule has 1 saturated heterocycles. The summed E-state index contributed by atoms with van der Waals surface area (Å²) >= 11 is 2.34. The Kier molecular flexibility index (Phi) is 6.18. The molecule has 1 amide bonds. The maximum atomic E-state index is 12.1. The number of likely N-dealkylation sites (tertiary alicyclic amines) is 1. The third kappa shape index (κ3) is 4.63. The summed E-state index contributed by atoms with van der Waals surface area (Å²) in [5, 5.41) is 0. The number of halogens is 1. The summed E-state index contributed by atoms with van der Waals surface area (Å²) in [6.07, 6.45) is 2.48. The molecule has 2 aliphatic heterocycles. The number of amides is 1. The number of anilines is 2. The largest absolute Gasteiger partial charge is 0.490 e. The zero-order valence-corrected chi connectivity index (χ0v) is 19.1. The fourth-order valence-corrected chi connectivity index (χ4v) is 4.37. The van der Waals surface area contributed by atoms with Crippen molar-refractivity contribution >= 4 is 40.1 Å². The number of piperidine rings is 1. The van der Waals surface area contributed by atoms with Gasteiger partial charge in [-0.05, 0) is 79.3 Å². The summed E-state index contributed by atoms with van der Waals surface area (Å²) in [6.45, 7) is 6.09. The lowest BCUT2D eigenvalue weighted by Gasteiger charge is -2.32. The second kappa shape index (κ2) is 8.81. The first kappa shape index (κ1) is 20.3. The van der Waals surface area contributed by atoms with Crippen LogP contribution in [0.25, 0.3) is 0 Å². The number of carbonyl (C=O) groups excluding carboxylic acids is 1. The van der Waals surface area contributed by atoms with Crippen molar-refractivity contribution in [2.75, 3.05) is 24.5 Å². The lowest BCUT2D eigenvalue weighted by molar-refractivity contribution is 0.0515. The number of rotatable bonds is 4. The highest BCUT2D eigenvalue weighted by atomic mass is 127. The molecule has 0 saturated carbocycles. The van der Waals surface area contributed by atoms with E-state index in [1.54, 1.807) is 4.90 Å². The maximum absolute atomic E-state index is 12.1. The molecular weight excluding hydrogens is 479 g/mol. The molecule has 4 rings (SSSR count). The predicted molar refractivity (Wildman–Crippen MR) is 123 cm³/mol. The van der Waals surface area contributed by atoms with Crippen LogP contribution < -0.4 is 9.64 Å². The van der Waals surface area contributed by atoms with Crippen molar-refractivity contribution in [2.24, 2.45) is 0 Å². The van der Waals surface area contributed by atoms with Crippen LogP contribution in [0.15, 0.2) is 42.5 Å². The first-order valence-electron chi connectivity index (χ1n) is 10.3. The van der Waals surface area contributed by atoms with E-state index in [-0.39, 0.29) is 18.3 Å². The van der Waals surface area contributed by atoms with E-state index >= 15 is 0 Å². The van der Waals surface area contributed by atoms with Crippen LogP contribution in [-0.2, 0) is 11.2 Å². The zero-order chi connectivity index (χ0) is 20.4. The number of carbonyl (C=O) groups is 1. The van der Waals surface area contributed by atoms with Crippen molar-refractivity contribution < 1.29 is 14.3 Å². The predicted octanol–water partition coefficient (Wildman–Crippen LogP) is 5.37. The van der Waals surface area contributed by atoms with Gasteiger partial charge in [-0.25, -0.2) is 4.79 Å². The quantitative estimate of drug-likeness (QED) is 0.523. The van der Waals surface area contributed by atoms with Crippen LogP contribution in [0.2, 0.25) is 0 Å². The summed E-state index contributed by atoms with van der Waals surface area (Å²) in [7, 11) is 0. The molecule has 0 bridgehead atoms. The average Bonchev–Trinajstić information content (AvgIpc) is 3.14. The summed E-state index contributed by atoms with van der Waals surface area (Å²) in [4.78, 5) is 16.2. The monoisotopic (exact) mass is 506 g/mol. The van der Waals surface area contributed by atoms with Gasteiger partial charge in [-0.3, -0.25) is 0 Å². The van der Waals surface area contributed by atoms with Gasteiger partial charge in [-0.2, -0.15) is 0 Å². The fourth-order valence-electron chi connectivity index (χ4n) is 4.01. The van der Waals surface area contributed by atoms with Crippen LogP contribution in [0, 0.1) is 3.57 Å². The summed E-state index contributed by atoms with van der Waals surface area (Å²) in [5.74, 6) is 0.985. The Morgan fingerprint density at radius 2 is 1.79 bits per heavy atom. The third-order valence-corrected chi connectivity index (χ3v) is 6.17. The molecule has 2 aromatic carbocycles. The molecule has 0 aromatic heterocycles. The van der Waals surface area contributed by atoms with Gasteiger partial charge < -0.3 is 19.3 Å². The summed E-state index contributed by atoms with van der Waals surface area (Å²) in [5.41, 5.74) is 3.74. The van der Waals surface area contributed by atoms with Crippen LogP contribution in [0.3, 0.4) is 0 Å². The van der Waals surface area contributed by atoms with Gasteiger partial charge in [-0.15, -0.1) is 0 Å². The Bertz CT molecular complexity index is 861. The van der Waals surface area contributed by atoms with Gasteiger partial charge in [-0.1, -0.05) is 6.07 Å². The van der Waals surface area contributed by atoms with Crippen molar-refractivity contribution in [1.82, 2.24) is 4.90 Å². The Morgan fingerprint density at radius 1 is 1.07 bits per heavy atom. The topological polar surface area (TPSA) is 42.0 Å². The second-order valence-corrected chi connectivity index (χ2v) is 9.11. The summed E-state index contributed by atoms with van der Waals surface area (Å²) in [6, 6.07) is 15.0. The van der Waals surface area contributed by atoms with Gasteiger partial charge in [0.15, 0.2) is 0 Å². The van der Waals surface area contributed by atoms with E-state index in [1.165, 1.54) is 20.5 Å². The molecule has 0 spiro atoms. The molecule has 2 aromatic rings. The van der Waals surface area contributed by atoms with Gasteiger partial charge in [0.25, 0.3) is 0 Å². The van der Waals surface area contributed by atoms with E-state index in [0.717, 1.165) is 31.6 Å². The van der Waals surface area contributed by atoms with Gasteiger partial charge >= 0.3 is 6.09 Å². The molecule has 0 N–H and O–H groups in total. The minimum absolute atomic E-state index is 0.0839. The maximum Gasteiger partial charge on any atom is 0.410 e. The number of ether oxygens (including phenoxy) is 2. The number of fused-ring (bicyclic) bond motifs is 1. The number of hydrogen-bond donors (Lipinski definition) is 0. The van der Waals surface area contributed by atoms with Crippen molar-refractivity contribution in [1.29, 1.82) is 0 Å². The fraction of sp³-hybridized carbons (Fsp3) is 0.435. The lowest BCUT2D eigenvalue weighted by Crippen LogP contribution is -2.42. The van der Waals surface area contributed by atoms with E-state index in [0.29, 0.717) is 13.1 Å². The highest BCUT2D eigenvalue weighted by Gasteiger charge is 2.28. The van der Waals surface area contributed by atoms with Crippen LogP contribution in [0.1, 0.15) is 32.3 Å². The molecular formula is C23H27IN2O3. The molecule has 29 heavy (non-hydrogen) atoms. The highest BCUT2D eigenvalue weighted by Crippen LogP contribution is 2.40. The molecule has 0 unspecified atom stereocenters. The molecule has 0 radical (unpaired) electrons. The van der Waals surface area contributed by atoms with Crippen LogP contribution in [0.5, 0.6) is 5.75 Å². The van der Waals surface area contributed by atoms with Gasteiger partial charge in [0, 0.05) is 53.0 Å². The Labute approximate surface area is 186 Å². The van der Waals surface area contributed by atoms with Crippen molar-refractivity contribution in [3.8, 4) is 5.75 Å². The van der Waals surface area contributed by atoms with E-state index < -0.39 is 0 Å². The molecule has 2 aliphatic rings. The van der Waals surface area contributed by atoms with Crippen molar-refractivity contribution in [3.63, 3.8) is 0 Å². The number of hydrogen-bond acceptors (Lipinski definition) is 4. The molecule has 5 nitrogen and oxygen atoms in total. The Morgan fingerprint density at radius 3 is 2.48 bits per heavy atom. The van der Waals surface area contributed by atoms with Gasteiger partial charge in [0.1, 0.15) is 11.9 Å². The van der Waals surface area contributed by atoms with E-state index in [9.17, 15) is 4.79 Å². The van der Waals surface area contributed by atoms with Crippen molar-refractivity contribution in [3.05, 3.63) is 51.6 Å². The average molecular weight is 506 g/mol. The highest BCUT2D eigenvalue weighted by molar-refractivity contribution is 14.1. The Hall–Kier alpha value is -1.96. The normalized spacial score (nSPS) is 16.8. The van der Waals surface area contributed by atoms with E-state index in [1.807, 2.05) is 13.8 Å². The molecule has 0 aliphatic carbocycles. The third-order valence-electron chi connectivity index (χ3n) is 5.45. The van der Waals surface area contributed by atoms with Gasteiger partial charge in [0.05, 0.1) is 6.10 Å². The van der Waals surface area contributed by atoms with Crippen LogP contribution >= 0.6 is 22.6 Å². The minimum atomic E-state index is -0.216. The molecule has 154 valence electrons. The van der Waals surface area contributed by atoms with Gasteiger partial charge in [0.2, 0.25) is 0 Å². The van der Waals surface area contributed by atoms with E-state index in [2.05, 4.69) is 70.0 Å². The molecule has 1 fully saturated rings. The van der Waals surface area contributed by atoms with Crippen LogP contribution in [0.4, 0.5) is 16.2 Å². The van der Waals surface area contributed by atoms with Crippen molar-refractivity contribution in [2.45, 2.75) is 45.3 Å². The number of benzene rings is 2. The number of nitrogens with zero attached hydrogens (tertiary/aromatic N) is 2. The van der Waals surface area contributed by atoms with Crippen LogP contribution in [-0.4, -0.2) is 42.8 Å². The zero-order valence-electron chi connectivity index (χ0n) is 16.9. The SMILES string of the molecule is CC(C)OC(=O)N1CCC(Oc2cccc3c2CCN3c2ccc(I)cc2)CC1. The smallest absolute Gasteiger partial charge is 0.410 e. The standard InChI is InChI=1S/C23H27IN2O3/c1-16(2)28-23(27)25-13-10-19(11-14-25)29-22-5-3-4-21-20(22)12-15-26(21)18-8-6-17(24)7-9-18/h3-9,16,19H,10-15H2,1-2H3. The second-order valence-electron chi connectivity index (χ2n) is 7.87. The first-order valence-corrected chi connectivity index (χ1v) is 11.4. The molecule has 0 atom stereocenters.